The highest BCUT2D eigenvalue weighted by Crippen LogP contribution is 2.45. The monoisotopic (exact) mass is 575 g/mol. The van der Waals surface area contributed by atoms with Crippen LogP contribution in [0.5, 0.6) is 5.75 Å². The molecule has 1 aliphatic heterocycles. The number of aryl methyl sites for hydroxylation is 2. The summed E-state index contributed by atoms with van der Waals surface area (Å²) in [4.78, 5) is 22.1. The summed E-state index contributed by atoms with van der Waals surface area (Å²) in [7, 11) is 1.60. The lowest BCUT2D eigenvalue weighted by molar-refractivity contribution is -0.115. The standard InChI is InChI=1S/C24H26IN5O2S/c1-5-19(31)28-16-10-9-15(12-18(16)32-4)30-23(20-13(2)27-14(3)21(20)25)22(29-24(30)33)17-8-6-7-11-26-17/h6-12,22-23,27H,5H2,1-4H3,(H,28,31)(H,29,33)/t22-,23+/m0/s1. The van der Waals surface area contributed by atoms with Crippen molar-refractivity contribution in [2.24, 2.45) is 0 Å². The number of carbonyl (C=O) groups is 1. The van der Waals surface area contributed by atoms with Gasteiger partial charge in [0.05, 0.1) is 30.6 Å². The van der Waals surface area contributed by atoms with Gasteiger partial charge < -0.3 is 25.3 Å². The van der Waals surface area contributed by atoms with Gasteiger partial charge in [0, 0.05) is 44.9 Å². The third-order valence-corrected chi connectivity index (χ3v) is 7.50. The summed E-state index contributed by atoms with van der Waals surface area (Å²) in [5.41, 5.74) is 5.82. The molecule has 3 aromatic rings. The molecule has 1 saturated heterocycles. The number of hydrogen-bond donors (Lipinski definition) is 3. The van der Waals surface area contributed by atoms with Crippen molar-refractivity contribution < 1.29 is 9.53 Å². The minimum atomic E-state index is -0.133. The Kier molecular flexibility index (Phi) is 6.89. The number of halogens is 1. The van der Waals surface area contributed by atoms with Gasteiger partial charge in [0.2, 0.25) is 5.91 Å². The predicted molar refractivity (Wildman–Crippen MR) is 143 cm³/mol. The molecule has 1 aliphatic rings. The number of thiocarbonyl (C=S) groups is 1. The maximum Gasteiger partial charge on any atom is 0.224 e. The number of nitrogens with zero attached hydrogens (tertiary/aromatic N) is 2. The first kappa shape index (κ1) is 23.5. The molecular weight excluding hydrogens is 549 g/mol. The van der Waals surface area contributed by atoms with Crippen LogP contribution >= 0.6 is 34.8 Å². The van der Waals surface area contributed by atoms with Crippen LogP contribution in [0.25, 0.3) is 0 Å². The summed E-state index contributed by atoms with van der Waals surface area (Å²) in [6.07, 6.45) is 2.19. The number of aromatic nitrogens is 2. The fraction of sp³-hybridized carbons (Fsp3) is 0.292. The van der Waals surface area contributed by atoms with E-state index in [9.17, 15) is 4.79 Å². The van der Waals surface area contributed by atoms with Crippen molar-refractivity contribution in [2.75, 3.05) is 17.3 Å². The van der Waals surface area contributed by atoms with Crippen molar-refractivity contribution in [2.45, 2.75) is 39.3 Å². The summed E-state index contributed by atoms with van der Waals surface area (Å²) in [6, 6.07) is 11.4. The Morgan fingerprint density at radius 1 is 1.27 bits per heavy atom. The average Bonchev–Trinajstić information content (AvgIpc) is 3.28. The zero-order valence-electron chi connectivity index (χ0n) is 18.9. The average molecular weight is 575 g/mol. The Hall–Kier alpha value is -2.66. The van der Waals surface area contributed by atoms with E-state index in [1.165, 1.54) is 9.13 Å². The lowest BCUT2D eigenvalue weighted by Gasteiger charge is -2.29. The number of rotatable bonds is 6. The molecule has 9 heteroatoms. The van der Waals surface area contributed by atoms with Gasteiger partial charge in [0.25, 0.3) is 0 Å². The quantitative estimate of drug-likeness (QED) is 0.278. The minimum Gasteiger partial charge on any atom is -0.494 e. The predicted octanol–water partition coefficient (Wildman–Crippen LogP) is 5.17. The van der Waals surface area contributed by atoms with Crippen molar-refractivity contribution in [3.63, 3.8) is 0 Å². The van der Waals surface area contributed by atoms with E-state index in [1.54, 1.807) is 13.3 Å². The number of H-pyrrole nitrogens is 1. The van der Waals surface area contributed by atoms with Gasteiger partial charge in [-0.25, -0.2) is 0 Å². The molecule has 2 atom stereocenters. The van der Waals surface area contributed by atoms with Crippen molar-refractivity contribution in [1.29, 1.82) is 0 Å². The summed E-state index contributed by atoms with van der Waals surface area (Å²) in [6.45, 7) is 5.98. The summed E-state index contributed by atoms with van der Waals surface area (Å²) < 4.78 is 6.78. The van der Waals surface area contributed by atoms with Crippen molar-refractivity contribution in [3.8, 4) is 5.75 Å². The number of anilines is 2. The Bertz CT molecular complexity index is 1200. The van der Waals surface area contributed by atoms with E-state index in [1.807, 2.05) is 43.3 Å². The highest BCUT2D eigenvalue weighted by atomic mass is 127. The third-order valence-electron chi connectivity index (χ3n) is 5.80. The molecule has 0 spiro atoms. The van der Waals surface area contributed by atoms with Crippen LogP contribution in [0.15, 0.2) is 42.6 Å². The first-order chi connectivity index (χ1) is 15.8. The molecule has 0 saturated carbocycles. The second kappa shape index (κ2) is 9.68. The molecule has 0 radical (unpaired) electrons. The van der Waals surface area contributed by atoms with E-state index < -0.39 is 0 Å². The molecule has 2 aromatic heterocycles. The first-order valence-electron chi connectivity index (χ1n) is 10.7. The smallest absolute Gasteiger partial charge is 0.224 e. The molecule has 1 fully saturated rings. The van der Waals surface area contributed by atoms with Crippen LogP contribution < -0.4 is 20.3 Å². The van der Waals surface area contributed by atoms with Gasteiger partial charge in [0.1, 0.15) is 5.75 Å². The zero-order valence-corrected chi connectivity index (χ0v) is 21.9. The second-order valence-electron chi connectivity index (χ2n) is 7.89. The van der Waals surface area contributed by atoms with Crippen LogP contribution in [0, 0.1) is 17.4 Å². The van der Waals surface area contributed by atoms with Crippen LogP contribution in [-0.2, 0) is 4.79 Å². The van der Waals surface area contributed by atoms with E-state index in [0.717, 1.165) is 22.8 Å². The van der Waals surface area contributed by atoms with E-state index in [-0.39, 0.29) is 18.0 Å². The van der Waals surface area contributed by atoms with Gasteiger partial charge in [-0.3, -0.25) is 9.78 Å². The van der Waals surface area contributed by atoms with E-state index in [0.29, 0.717) is 23.0 Å². The molecule has 7 nitrogen and oxygen atoms in total. The number of aromatic amines is 1. The van der Waals surface area contributed by atoms with Crippen LogP contribution in [0.3, 0.4) is 0 Å². The Labute approximate surface area is 212 Å². The highest BCUT2D eigenvalue weighted by Gasteiger charge is 2.43. The molecule has 3 N–H and O–H groups in total. The minimum absolute atomic E-state index is 0.0690. The Balaban J connectivity index is 1.84. The summed E-state index contributed by atoms with van der Waals surface area (Å²) >= 11 is 8.23. The fourth-order valence-corrected chi connectivity index (χ4v) is 5.42. The van der Waals surface area contributed by atoms with Crippen LogP contribution in [0.4, 0.5) is 11.4 Å². The number of carbonyl (C=O) groups excluding carboxylic acids is 1. The lowest BCUT2D eigenvalue weighted by atomic mass is 9.96. The molecule has 1 amide bonds. The molecular formula is C24H26IN5O2S. The van der Waals surface area contributed by atoms with Crippen LogP contribution in [-0.4, -0.2) is 28.1 Å². The van der Waals surface area contributed by atoms with Gasteiger partial charge in [0.15, 0.2) is 5.11 Å². The maximum atomic E-state index is 11.9. The number of ether oxygens (including phenoxy) is 1. The van der Waals surface area contributed by atoms with Crippen molar-refractivity contribution in [1.82, 2.24) is 15.3 Å². The third kappa shape index (κ3) is 4.43. The van der Waals surface area contributed by atoms with Crippen molar-refractivity contribution in [3.05, 3.63) is 68.8 Å². The number of benzene rings is 1. The van der Waals surface area contributed by atoms with Gasteiger partial charge >= 0.3 is 0 Å². The van der Waals surface area contributed by atoms with Gasteiger partial charge in [-0.1, -0.05) is 13.0 Å². The molecule has 0 bridgehead atoms. The fourth-order valence-electron chi connectivity index (χ4n) is 4.22. The van der Waals surface area contributed by atoms with E-state index in [2.05, 4.69) is 61.9 Å². The lowest BCUT2D eigenvalue weighted by Crippen LogP contribution is -2.30. The largest absolute Gasteiger partial charge is 0.494 e. The van der Waals surface area contributed by atoms with Gasteiger partial charge in [-0.05, 0) is 72.9 Å². The Morgan fingerprint density at radius 2 is 2.06 bits per heavy atom. The van der Waals surface area contributed by atoms with Crippen LogP contribution in [0.2, 0.25) is 0 Å². The molecule has 0 aliphatic carbocycles. The van der Waals surface area contributed by atoms with E-state index in [4.69, 9.17) is 17.0 Å². The summed E-state index contributed by atoms with van der Waals surface area (Å²) in [5.74, 6) is 0.509. The van der Waals surface area contributed by atoms with Crippen LogP contribution in [0.1, 0.15) is 48.1 Å². The number of amides is 1. The van der Waals surface area contributed by atoms with Crippen molar-refractivity contribution >= 4 is 57.2 Å². The van der Waals surface area contributed by atoms with Gasteiger partial charge in [-0.2, -0.15) is 0 Å². The molecule has 0 unspecified atom stereocenters. The molecule has 33 heavy (non-hydrogen) atoms. The second-order valence-corrected chi connectivity index (χ2v) is 9.35. The van der Waals surface area contributed by atoms with Gasteiger partial charge in [-0.15, -0.1) is 0 Å². The summed E-state index contributed by atoms with van der Waals surface area (Å²) in [5, 5.41) is 6.99. The molecule has 172 valence electrons. The topological polar surface area (TPSA) is 82.3 Å². The normalized spacial score (nSPS) is 17.7. The Morgan fingerprint density at radius 3 is 2.67 bits per heavy atom. The number of nitrogens with one attached hydrogen (secondary N) is 3. The number of methoxy groups -OCH3 is 1. The number of hydrogen-bond acceptors (Lipinski definition) is 4. The first-order valence-corrected chi connectivity index (χ1v) is 12.2. The molecule has 4 rings (SSSR count). The maximum absolute atomic E-state index is 11.9. The number of pyridine rings is 1. The molecule has 3 heterocycles. The highest BCUT2D eigenvalue weighted by molar-refractivity contribution is 14.1. The zero-order chi connectivity index (χ0) is 23.7. The SMILES string of the molecule is CCC(=O)Nc1ccc(N2C(=S)N[C@@H](c3ccccn3)[C@H]2c2c(C)[nH]c(C)c2I)cc1OC. The van der Waals surface area contributed by atoms with E-state index >= 15 is 0 Å². The molecule has 1 aromatic carbocycles.